The molecule has 0 saturated carbocycles. The molecule has 2 heteroatoms. The van der Waals surface area contributed by atoms with Gasteiger partial charge < -0.3 is 4.48 Å². The van der Waals surface area contributed by atoms with Gasteiger partial charge in [-0.2, -0.15) is 0 Å². The summed E-state index contributed by atoms with van der Waals surface area (Å²) in [5.41, 5.74) is 0. The summed E-state index contributed by atoms with van der Waals surface area (Å²) in [4.78, 5) is 0. The topological polar surface area (TPSA) is 0 Å². The Kier molecular flexibility index (Phi) is 13.2. The second kappa shape index (κ2) is 12.7. The molecule has 0 amide bonds. The van der Waals surface area contributed by atoms with Crippen molar-refractivity contribution in [2.45, 2.75) is 72.1 Å². The van der Waals surface area contributed by atoms with E-state index in [9.17, 15) is 0 Å². The molecule has 0 bridgehead atoms. The molecule has 0 saturated heterocycles. The van der Waals surface area contributed by atoms with Crippen LogP contribution >= 0.6 is 22.6 Å². The van der Waals surface area contributed by atoms with E-state index in [1.165, 1.54) is 86.5 Å². The quantitative estimate of drug-likeness (QED) is 0.176. The van der Waals surface area contributed by atoms with E-state index in [-0.39, 0.29) is 0 Å². The zero-order valence-electron chi connectivity index (χ0n) is 13.0. The van der Waals surface area contributed by atoms with Crippen LogP contribution in [0.1, 0.15) is 72.1 Å². The molecule has 0 N–H and O–H groups in total. The van der Waals surface area contributed by atoms with Crippen molar-refractivity contribution < 1.29 is 4.48 Å². The van der Waals surface area contributed by atoms with Crippen LogP contribution in [0, 0.1) is 0 Å². The molecule has 0 aliphatic heterocycles. The molecule has 0 aromatic carbocycles. The van der Waals surface area contributed by atoms with E-state index >= 15 is 0 Å². The maximum atomic E-state index is 2.48. The SMILES string of the molecule is CC[N+](CC)(CC)CCCCCCCCCCI. The van der Waals surface area contributed by atoms with Crippen LogP contribution in [0.3, 0.4) is 0 Å². The Hall–Kier alpha value is 0.690. The molecular weight excluding hydrogens is 333 g/mol. The molecular formula is C16H35IN+. The summed E-state index contributed by atoms with van der Waals surface area (Å²) in [6.07, 6.45) is 11.6. The number of rotatable bonds is 13. The fourth-order valence-corrected chi connectivity index (χ4v) is 3.29. The summed E-state index contributed by atoms with van der Waals surface area (Å²) < 4.78 is 2.67. The van der Waals surface area contributed by atoms with Crippen molar-refractivity contribution in [2.75, 3.05) is 30.6 Å². The minimum atomic E-state index is 1.31. The Bertz CT molecular complexity index is 158. The molecule has 0 heterocycles. The highest BCUT2D eigenvalue weighted by Gasteiger charge is 2.19. The van der Waals surface area contributed by atoms with Crippen molar-refractivity contribution in [2.24, 2.45) is 0 Å². The van der Waals surface area contributed by atoms with E-state index < -0.39 is 0 Å². The van der Waals surface area contributed by atoms with E-state index in [0.717, 1.165) is 0 Å². The van der Waals surface area contributed by atoms with Crippen LogP contribution in [-0.4, -0.2) is 35.1 Å². The molecule has 1 nitrogen and oxygen atoms in total. The maximum Gasteiger partial charge on any atom is 0.0786 e. The summed E-state index contributed by atoms with van der Waals surface area (Å²) >= 11 is 2.48. The van der Waals surface area contributed by atoms with Gasteiger partial charge in [-0.25, -0.2) is 0 Å². The van der Waals surface area contributed by atoms with Crippen molar-refractivity contribution in [3.63, 3.8) is 0 Å². The largest absolute Gasteiger partial charge is 0.324 e. The predicted octanol–water partition coefficient (Wildman–Crippen LogP) is 5.42. The van der Waals surface area contributed by atoms with Crippen molar-refractivity contribution in [1.82, 2.24) is 0 Å². The lowest BCUT2D eigenvalue weighted by atomic mass is 10.1. The first-order chi connectivity index (χ1) is 8.74. The Morgan fingerprint density at radius 1 is 0.611 bits per heavy atom. The van der Waals surface area contributed by atoms with Gasteiger partial charge in [0.15, 0.2) is 0 Å². The third-order valence-electron chi connectivity index (χ3n) is 4.53. The predicted molar refractivity (Wildman–Crippen MR) is 92.6 cm³/mol. The highest BCUT2D eigenvalue weighted by Crippen LogP contribution is 2.12. The molecule has 0 aliphatic carbocycles. The van der Waals surface area contributed by atoms with Gasteiger partial charge in [0.05, 0.1) is 26.2 Å². The average molecular weight is 368 g/mol. The van der Waals surface area contributed by atoms with Crippen LogP contribution in [0.15, 0.2) is 0 Å². The number of hydrogen-bond acceptors (Lipinski definition) is 0. The number of nitrogens with zero attached hydrogens (tertiary/aromatic N) is 1. The Morgan fingerprint density at radius 3 is 1.39 bits per heavy atom. The monoisotopic (exact) mass is 368 g/mol. The Labute approximate surface area is 129 Å². The smallest absolute Gasteiger partial charge is 0.0786 e. The van der Waals surface area contributed by atoms with Crippen LogP contribution < -0.4 is 0 Å². The minimum Gasteiger partial charge on any atom is -0.324 e. The zero-order chi connectivity index (χ0) is 13.7. The summed E-state index contributed by atoms with van der Waals surface area (Å²) in [6.45, 7) is 12.4. The Balaban J connectivity index is 3.38. The van der Waals surface area contributed by atoms with Crippen molar-refractivity contribution in [3.05, 3.63) is 0 Å². The molecule has 18 heavy (non-hydrogen) atoms. The normalized spacial score (nSPS) is 12.0. The first-order valence-corrected chi connectivity index (χ1v) is 9.68. The van der Waals surface area contributed by atoms with E-state index in [4.69, 9.17) is 0 Å². The van der Waals surface area contributed by atoms with E-state index in [1.54, 1.807) is 0 Å². The van der Waals surface area contributed by atoms with Gasteiger partial charge in [-0.15, -0.1) is 0 Å². The van der Waals surface area contributed by atoms with Gasteiger partial charge in [0, 0.05) is 0 Å². The van der Waals surface area contributed by atoms with Gasteiger partial charge in [-0.3, -0.25) is 0 Å². The maximum absolute atomic E-state index is 2.48. The number of halogens is 1. The van der Waals surface area contributed by atoms with Gasteiger partial charge in [-0.05, 0) is 44.5 Å². The van der Waals surface area contributed by atoms with Crippen molar-refractivity contribution in [1.29, 1.82) is 0 Å². The molecule has 0 aromatic heterocycles. The summed E-state index contributed by atoms with van der Waals surface area (Å²) in [6, 6.07) is 0. The highest BCUT2D eigenvalue weighted by atomic mass is 127. The first-order valence-electron chi connectivity index (χ1n) is 8.15. The second-order valence-corrected chi connectivity index (χ2v) is 6.61. The molecule has 0 atom stereocenters. The third kappa shape index (κ3) is 8.73. The first kappa shape index (κ1) is 18.7. The lowest BCUT2D eigenvalue weighted by Crippen LogP contribution is -2.48. The van der Waals surface area contributed by atoms with Gasteiger partial charge in [0.1, 0.15) is 0 Å². The molecule has 0 spiro atoms. The molecule has 0 unspecified atom stereocenters. The third-order valence-corrected chi connectivity index (χ3v) is 5.29. The Morgan fingerprint density at radius 2 is 1.00 bits per heavy atom. The van der Waals surface area contributed by atoms with Crippen LogP contribution in [0.2, 0.25) is 0 Å². The van der Waals surface area contributed by atoms with Gasteiger partial charge in [0.25, 0.3) is 0 Å². The number of alkyl halides is 1. The molecule has 0 radical (unpaired) electrons. The molecule has 0 rings (SSSR count). The summed E-state index contributed by atoms with van der Waals surface area (Å²) in [7, 11) is 0. The number of unbranched alkanes of at least 4 members (excludes halogenated alkanes) is 7. The van der Waals surface area contributed by atoms with Crippen LogP contribution in [-0.2, 0) is 0 Å². The molecule has 0 aromatic rings. The van der Waals surface area contributed by atoms with Crippen LogP contribution in [0.25, 0.3) is 0 Å². The van der Waals surface area contributed by atoms with E-state index in [2.05, 4.69) is 43.4 Å². The molecule has 0 fully saturated rings. The molecule has 110 valence electrons. The minimum absolute atomic E-state index is 1.31. The lowest BCUT2D eigenvalue weighted by Gasteiger charge is -2.35. The van der Waals surface area contributed by atoms with Gasteiger partial charge >= 0.3 is 0 Å². The van der Waals surface area contributed by atoms with E-state index in [0.29, 0.717) is 0 Å². The fourth-order valence-electron chi connectivity index (χ4n) is 2.75. The summed E-state index contributed by atoms with van der Waals surface area (Å²) in [5, 5.41) is 0. The number of hydrogen-bond donors (Lipinski definition) is 0. The fraction of sp³-hybridized carbons (Fsp3) is 1.00. The molecule has 0 aliphatic rings. The standard InChI is InChI=1S/C16H35IN/c1-4-18(5-2,6-3)16-14-12-10-8-7-9-11-13-15-17/h4-16H2,1-3H3/q+1. The average Bonchev–Trinajstić information content (AvgIpc) is 2.42. The van der Waals surface area contributed by atoms with Gasteiger partial charge in [0.2, 0.25) is 0 Å². The summed E-state index contributed by atoms with van der Waals surface area (Å²) in [5.74, 6) is 0. The zero-order valence-corrected chi connectivity index (χ0v) is 15.2. The number of quaternary nitrogens is 1. The van der Waals surface area contributed by atoms with Crippen molar-refractivity contribution in [3.8, 4) is 0 Å². The highest BCUT2D eigenvalue weighted by molar-refractivity contribution is 14.1. The lowest BCUT2D eigenvalue weighted by molar-refractivity contribution is -0.923. The van der Waals surface area contributed by atoms with Crippen LogP contribution in [0.4, 0.5) is 0 Å². The second-order valence-electron chi connectivity index (χ2n) is 5.53. The van der Waals surface area contributed by atoms with Gasteiger partial charge in [-0.1, -0.05) is 54.7 Å². The van der Waals surface area contributed by atoms with Crippen LogP contribution in [0.5, 0.6) is 0 Å². The van der Waals surface area contributed by atoms with E-state index in [1.807, 2.05) is 0 Å². The van der Waals surface area contributed by atoms with Crippen molar-refractivity contribution >= 4 is 22.6 Å².